The second-order valence-electron chi connectivity index (χ2n) is 3.88. The van der Waals surface area contributed by atoms with Gasteiger partial charge in [-0.15, -0.1) is 0 Å². The van der Waals surface area contributed by atoms with Gasteiger partial charge in [-0.25, -0.2) is 0 Å². The van der Waals surface area contributed by atoms with Crippen molar-refractivity contribution in [3.8, 4) is 0 Å². The van der Waals surface area contributed by atoms with Crippen molar-refractivity contribution in [2.45, 2.75) is 13.3 Å². The first-order valence-corrected chi connectivity index (χ1v) is 7.23. The molecule has 1 aliphatic rings. The van der Waals surface area contributed by atoms with Gasteiger partial charge < -0.3 is 0 Å². The van der Waals surface area contributed by atoms with Crippen LogP contribution in [0.4, 0.5) is 4.79 Å². The highest BCUT2D eigenvalue weighted by atomic mass is 79.9. The Kier molecular flexibility index (Phi) is 4.24. The van der Waals surface area contributed by atoms with E-state index in [0.29, 0.717) is 11.4 Å². The lowest BCUT2D eigenvalue weighted by Crippen LogP contribution is -2.28. The minimum absolute atomic E-state index is 0.176. The summed E-state index contributed by atoms with van der Waals surface area (Å²) in [5.41, 5.74) is 0.917. The Morgan fingerprint density at radius 2 is 1.94 bits per heavy atom. The van der Waals surface area contributed by atoms with Gasteiger partial charge in [0.15, 0.2) is 0 Å². The molecule has 0 radical (unpaired) electrons. The fourth-order valence-electron chi connectivity index (χ4n) is 1.63. The molecule has 1 aromatic rings. The van der Waals surface area contributed by atoms with Crippen LogP contribution in [-0.2, 0) is 4.79 Å². The molecule has 5 heteroatoms. The smallest absolute Gasteiger partial charge is 0.268 e. The van der Waals surface area contributed by atoms with Crippen LogP contribution in [-0.4, -0.2) is 22.6 Å². The van der Waals surface area contributed by atoms with Crippen LogP contribution in [0.3, 0.4) is 0 Å². The number of halogens is 1. The highest BCUT2D eigenvalue weighted by molar-refractivity contribution is 9.10. The van der Waals surface area contributed by atoms with E-state index in [1.807, 2.05) is 31.2 Å². The molecule has 2 rings (SSSR count). The van der Waals surface area contributed by atoms with Gasteiger partial charge in [0, 0.05) is 11.0 Å². The van der Waals surface area contributed by atoms with Crippen molar-refractivity contribution in [1.29, 1.82) is 0 Å². The molecule has 0 spiro atoms. The Labute approximate surface area is 118 Å². The maximum atomic E-state index is 12.0. The van der Waals surface area contributed by atoms with Crippen molar-refractivity contribution >= 4 is 44.9 Å². The number of hydrogen-bond acceptors (Lipinski definition) is 3. The van der Waals surface area contributed by atoms with Crippen LogP contribution in [0.5, 0.6) is 0 Å². The molecule has 3 nitrogen and oxygen atoms in total. The zero-order valence-electron chi connectivity index (χ0n) is 9.85. The average Bonchev–Trinajstić information content (AvgIpc) is 2.60. The predicted molar refractivity (Wildman–Crippen MR) is 77.1 cm³/mol. The molecule has 0 N–H and O–H groups in total. The fraction of sp³-hybridized carbons (Fsp3) is 0.231. The summed E-state index contributed by atoms with van der Waals surface area (Å²) in [5.74, 6) is -0.185. The Hall–Kier alpha value is -1.07. The molecule has 0 aromatic heterocycles. The van der Waals surface area contributed by atoms with Crippen molar-refractivity contribution in [3.63, 3.8) is 0 Å². The molecule has 0 bridgehead atoms. The number of carbonyl (C=O) groups is 2. The first kappa shape index (κ1) is 13.4. The number of nitrogens with zero attached hydrogens (tertiary/aromatic N) is 1. The highest BCUT2D eigenvalue weighted by Gasteiger charge is 2.34. The molecule has 0 aliphatic carbocycles. The molecule has 1 heterocycles. The number of benzene rings is 1. The first-order valence-electron chi connectivity index (χ1n) is 5.62. The molecule has 1 saturated heterocycles. The molecule has 0 unspecified atom stereocenters. The van der Waals surface area contributed by atoms with Crippen molar-refractivity contribution in [2.75, 3.05) is 6.54 Å². The molecule has 18 heavy (non-hydrogen) atoms. The third kappa shape index (κ3) is 2.84. The van der Waals surface area contributed by atoms with Crippen molar-refractivity contribution < 1.29 is 9.59 Å². The number of hydrogen-bond donors (Lipinski definition) is 0. The first-order chi connectivity index (χ1) is 8.61. The molecule has 2 amide bonds. The van der Waals surface area contributed by atoms with Gasteiger partial charge in [0.1, 0.15) is 0 Å². The summed E-state index contributed by atoms with van der Waals surface area (Å²) in [5, 5.41) is -0.176. The Morgan fingerprint density at radius 3 is 2.56 bits per heavy atom. The topological polar surface area (TPSA) is 37.4 Å². The Morgan fingerprint density at radius 1 is 1.28 bits per heavy atom. The van der Waals surface area contributed by atoms with Gasteiger partial charge in [-0.05, 0) is 42.0 Å². The highest BCUT2D eigenvalue weighted by Crippen LogP contribution is 2.32. The molecule has 94 valence electrons. The number of thioether (sulfide) groups is 1. The Bertz CT molecular complexity index is 510. The second-order valence-corrected chi connectivity index (χ2v) is 5.79. The van der Waals surface area contributed by atoms with Crippen LogP contribution >= 0.6 is 27.7 Å². The molecule has 1 fully saturated rings. The molecule has 0 atom stereocenters. The van der Waals surface area contributed by atoms with Crippen molar-refractivity contribution in [1.82, 2.24) is 4.90 Å². The van der Waals surface area contributed by atoms with E-state index >= 15 is 0 Å². The van der Waals surface area contributed by atoms with E-state index in [9.17, 15) is 9.59 Å². The lowest BCUT2D eigenvalue weighted by atomic mass is 10.2. The number of imide groups is 1. The summed E-state index contributed by atoms with van der Waals surface area (Å²) >= 11 is 4.36. The van der Waals surface area contributed by atoms with Gasteiger partial charge >= 0.3 is 0 Å². The zero-order valence-corrected chi connectivity index (χ0v) is 12.3. The van der Waals surface area contributed by atoms with Gasteiger partial charge in [0.05, 0.1) is 4.91 Å². The van der Waals surface area contributed by atoms with Crippen LogP contribution in [0, 0.1) is 0 Å². The van der Waals surface area contributed by atoms with Crippen LogP contribution < -0.4 is 0 Å². The summed E-state index contributed by atoms with van der Waals surface area (Å²) in [6.45, 7) is 2.43. The maximum Gasteiger partial charge on any atom is 0.293 e. The van der Waals surface area contributed by atoms with E-state index in [2.05, 4.69) is 15.9 Å². The van der Waals surface area contributed by atoms with Crippen molar-refractivity contribution in [2.24, 2.45) is 0 Å². The third-order valence-corrected chi connectivity index (χ3v) is 3.92. The van der Waals surface area contributed by atoms with E-state index in [4.69, 9.17) is 0 Å². The van der Waals surface area contributed by atoms with E-state index in [-0.39, 0.29) is 11.1 Å². The predicted octanol–water partition coefficient (Wildman–Crippen LogP) is 3.90. The zero-order chi connectivity index (χ0) is 13.1. The summed E-state index contributed by atoms with van der Waals surface area (Å²) in [7, 11) is 0. The third-order valence-electron chi connectivity index (χ3n) is 2.49. The minimum Gasteiger partial charge on any atom is -0.268 e. The molecular weight excluding hydrogens is 314 g/mol. The Balaban J connectivity index is 2.22. The van der Waals surface area contributed by atoms with Crippen LogP contribution in [0.2, 0.25) is 0 Å². The summed E-state index contributed by atoms with van der Waals surface area (Å²) < 4.78 is 0.985. The molecule has 1 aliphatic heterocycles. The number of carbonyl (C=O) groups excluding carboxylic acids is 2. The largest absolute Gasteiger partial charge is 0.293 e. The van der Waals surface area contributed by atoms with Gasteiger partial charge in [0.25, 0.3) is 11.1 Å². The van der Waals surface area contributed by atoms with E-state index in [1.54, 1.807) is 6.08 Å². The second kappa shape index (κ2) is 5.71. The van der Waals surface area contributed by atoms with Gasteiger partial charge in [-0.2, -0.15) is 0 Å². The lowest BCUT2D eigenvalue weighted by Gasteiger charge is -2.09. The number of rotatable bonds is 3. The quantitative estimate of drug-likeness (QED) is 0.791. The van der Waals surface area contributed by atoms with E-state index in [1.165, 1.54) is 4.90 Å². The van der Waals surface area contributed by atoms with Crippen LogP contribution in [0.1, 0.15) is 18.9 Å². The maximum absolute atomic E-state index is 12.0. The van der Waals surface area contributed by atoms with Crippen LogP contribution in [0.15, 0.2) is 33.6 Å². The summed E-state index contributed by atoms with van der Waals surface area (Å²) in [6, 6.07) is 7.61. The summed E-state index contributed by atoms with van der Waals surface area (Å²) in [4.78, 5) is 25.4. The molecule has 0 saturated carbocycles. The summed E-state index contributed by atoms with van der Waals surface area (Å²) in [6.07, 6.45) is 2.54. The minimum atomic E-state index is -0.185. The van der Waals surface area contributed by atoms with Gasteiger partial charge in [-0.3, -0.25) is 14.5 Å². The van der Waals surface area contributed by atoms with Gasteiger partial charge in [0.2, 0.25) is 0 Å². The van der Waals surface area contributed by atoms with E-state index in [0.717, 1.165) is 28.2 Å². The van der Waals surface area contributed by atoms with Gasteiger partial charge in [-0.1, -0.05) is 35.0 Å². The SMILES string of the molecule is CCCN1C(=O)S/C(=C/c2ccc(Br)cc2)C1=O. The fourth-order valence-corrected chi connectivity index (χ4v) is 2.76. The number of amides is 2. The van der Waals surface area contributed by atoms with Crippen LogP contribution in [0.25, 0.3) is 6.08 Å². The van der Waals surface area contributed by atoms with Crippen molar-refractivity contribution in [3.05, 3.63) is 39.2 Å². The van der Waals surface area contributed by atoms with E-state index < -0.39 is 0 Å². The monoisotopic (exact) mass is 325 g/mol. The average molecular weight is 326 g/mol. The normalized spacial score (nSPS) is 17.9. The molecular formula is C13H12BrNO2S. The molecule has 1 aromatic carbocycles. The lowest BCUT2D eigenvalue weighted by molar-refractivity contribution is -0.122. The standard InChI is InChI=1S/C13H12BrNO2S/c1-2-7-15-12(16)11(18-13(15)17)8-9-3-5-10(14)6-4-9/h3-6,8H,2,7H2,1H3/b11-8+.